The largest absolute Gasteiger partial charge is 0.481 e. The molecule has 0 unspecified atom stereocenters. The zero-order valence-electron chi connectivity index (χ0n) is 9.42. The molecular weight excluding hydrogens is 188 g/mol. The molecule has 1 saturated carbocycles. The lowest BCUT2D eigenvalue weighted by Gasteiger charge is -2.39. The maximum absolute atomic E-state index is 5.09. The molecule has 1 N–H and O–H groups in total. The molecular formula is C12H18N2O. The fourth-order valence-electron chi connectivity index (χ4n) is 1.86. The molecule has 0 radical (unpaired) electrons. The topological polar surface area (TPSA) is 34.1 Å². The fourth-order valence-corrected chi connectivity index (χ4v) is 1.86. The van der Waals surface area contributed by atoms with Crippen molar-refractivity contribution in [1.29, 1.82) is 0 Å². The molecule has 0 aliphatic heterocycles. The summed E-state index contributed by atoms with van der Waals surface area (Å²) < 4.78 is 5.09. The van der Waals surface area contributed by atoms with Gasteiger partial charge < -0.3 is 10.1 Å². The van der Waals surface area contributed by atoms with Crippen LogP contribution in [0.4, 0.5) is 0 Å². The van der Waals surface area contributed by atoms with E-state index in [4.69, 9.17) is 4.74 Å². The maximum atomic E-state index is 5.09. The number of nitrogens with zero attached hydrogens (tertiary/aromatic N) is 1. The summed E-state index contributed by atoms with van der Waals surface area (Å²) in [6.07, 6.45) is 3.89. The Morgan fingerprint density at radius 2 is 2.27 bits per heavy atom. The highest BCUT2D eigenvalue weighted by Crippen LogP contribution is 2.31. The van der Waals surface area contributed by atoms with Crippen LogP contribution < -0.4 is 10.1 Å². The van der Waals surface area contributed by atoms with E-state index in [-0.39, 0.29) is 0 Å². The summed E-state index contributed by atoms with van der Waals surface area (Å²) in [5.41, 5.74) is 1.38. The van der Waals surface area contributed by atoms with Crippen molar-refractivity contribution in [3.8, 4) is 5.88 Å². The first-order chi connectivity index (χ1) is 7.22. The Labute approximate surface area is 90.9 Å². The van der Waals surface area contributed by atoms with Crippen LogP contribution in [-0.4, -0.2) is 17.6 Å². The van der Waals surface area contributed by atoms with E-state index in [2.05, 4.69) is 17.2 Å². The molecule has 0 amide bonds. The van der Waals surface area contributed by atoms with Gasteiger partial charge in [0.05, 0.1) is 12.8 Å². The van der Waals surface area contributed by atoms with Crippen LogP contribution in [0.3, 0.4) is 0 Å². The molecule has 0 aromatic carbocycles. The van der Waals surface area contributed by atoms with E-state index < -0.39 is 0 Å². The lowest BCUT2D eigenvalue weighted by Crippen LogP contribution is -2.47. The molecule has 0 spiro atoms. The van der Waals surface area contributed by atoms with Crippen LogP contribution in [0, 0.1) is 0 Å². The zero-order valence-corrected chi connectivity index (χ0v) is 9.42. The number of rotatable bonds is 4. The molecule has 1 aliphatic rings. The van der Waals surface area contributed by atoms with Crippen molar-refractivity contribution >= 4 is 0 Å². The molecule has 0 atom stereocenters. The third kappa shape index (κ3) is 2.48. The molecule has 1 heterocycles. The first-order valence-corrected chi connectivity index (χ1v) is 5.47. The number of pyridine rings is 1. The number of aromatic nitrogens is 1. The molecule has 1 aromatic rings. The molecule has 3 heteroatoms. The van der Waals surface area contributed by atoms with Crippen LogP contribution in [0.1, 0.15) is 31.9 Å². The second kappa shape index (κ2) is 4.19. The Balaban J connectivity index is 1.92. The third-order valence-electron chi connectivity index (χ3n) is 3.14. The van der Waals surface area contributed by atoms with Crippen LogP contribution in [0.5, 0.6) is 5.88 Å². The molecule has 1 aliphatic carbocycles. The summed E-state index contributed by atoms with van der Waals surface area (Å²) in [4.78, 5) is 4.37. The molecule has 2 rings (SSSR count). The number of ether oxygens (including phenoxy) is 1. The molecule has 0 saturated heterocycles. The van der Waals surface area contributed by atoms with Crippen LogP contribution in [0.25, 0.3) is 0 Å². The van der Waals surface area contributed by atoms with Crippen LogP contribution in [0.2, 0.25) is 0 Å². The van der Waals surface area contributed by atoms with Crippen LogP contribution >= 0.6 is 0 Å². The minimum Gasteiger partial charge on any atom is -0.481 e. The summed E-state index contributed by atoms with van der Waals surface area (Å²) in [5.74, 6) is 0.688. The zero-order chi connectivity index (χ0) is 10.7. The molecule has 1 aromatic heterocycles. The number of methoxy groups -OCH3 is 1. The Bertz CT molecular complexity index is 334. The molecule has 82 valence electrons. The number of hydrogen-bond acceptors (Lipinski definition) is 3. The van der Waals surface area contributed by atoms with Crippen molar-refractivity contribution in [1.82, 2.24) is 10.3 Å². The van der Waals surface area contributed by atoms with Gasteiger partial charge in [-0.1, -0.05) is 6.07 Å². The van der Waals surface area contributed by atoms with Crippen molar-refractivity contribution in [2.45, 2.75) is 38.3 Å². The predicted molar refractivity (Wildman–Crippen MR) is 59.9 cm³/mol. The van der Waals surface area contributed by atoms with Crippen molar-refractivity contribution in [2.24, 2.45) is 0 Å². The van der Waals surface area contributed by atoms with Crippen LogP contribution in [0.15, 0.2) is 18.2 Å². The minimum absolute atomic E-state index is 0.338. The van der Waals surface area contributed by atoms with Gasteiger partial charge in [0.25, 0.3) is 0 Å². The van der Waals surface area contributed by atoms with E-state index in [0.29, 0.717) is 11.4 Å². The van der Waals surface area contributed by atoms with Gasteiger partial charge in [0, 0.05) is 18.2 Å². The van der Waals surface area contributed by atoms with E-state index in [1.165, 1.54) is 19.3 Å². The number of nitrogens with one attached hydrogen (secondary N) is 1. The van der Waals surface area contributed by atoms with Crippen molar-refractivity contribution in [2.75, 3.05) is 7.11 Å². The quantitative estimate of drug-likeness (QED) is 0.819. The summed E-state index contributed by atoms with van der Waals surface area (Å²) in [6, 6.07) is 5.87. The van der Waals surface area contributed by atoms with Crippen molar-refractivity contribution in [3.63, 3.8) is 0 Å². The molecule has 0 bridgehead atoms. The van der Waals surface area contributed by atoms with E-state index in [0.717, 1.165) is 12.2 Å². The first-order valence-electron chi connectivity index (χ1n) is 5.47. The van der Waals surface area contributed by atoms with E-state index in [9.17, 15) is 0 Å². The Hall–Kier alpha value is -1.09. The van der Waals surface area contributed by atoms with Gasteiger partial charge in [0.1, 0.15) is 0 Å². The summed E-state index contributed by atoms with van der Waals surface area (Å²) >= 11 is 0. The highest BCUT2D eigenvalue weighted by Gasteiger charge is 2.30. The van der Waals surface area contributed by atoms with Crippen molar-refractivity contribution in [3.05, 3.63) is 23.9 Å². The smallest absolute Gasteiger partial charge is 0.213 e. The minimum atomic E-state index is 0.338. The summed E-state index contributed by atoms with van der Waals surface area (Å²) in [5, 5.41) is 3.55. The van der Waals surface area contributed by atoms with E-state index in [1.807, 2.05) is 18.2 Å². The van der Waals surface area contributed by atoms with Gasteiger partial charge in [-0.25, -0.2) is 4.98 Å². The third-order valence-corrected chi connectivity index (χ3v) is 3.14. The molecule has 15 heavy (non-hydrogen) atoms. The van der Waals surface area contributed by atoms with Gasteiger partial charge in [0.2, 0.25) is 5.88 Å². The normalized spacial score (nSPS) is 18.3. The molecule has 1 fully saturated rings. The Morgan fingerprint density at radius 1 is 1.47 bits per heavy atom. The SMILES string of the molecule is COc1cccc(CNC2(C)CCC2)n1. The monoisotopic (exact) mass is 206 g/mol. The Morgan fingerprint density at radius 3 is 2.87 bits per heavy atom. The second-order valence-electron chi connectivity index (χ2n) is 4.44. The van der Waals surface area contributed by atoms with Gasteiger partial charge in [0.15, 0.2) is 0 Å². The van der Waals surface area contributed by atoms with Gasteiger partial charge in [-0.3, -0.25) is 0 Å². The maximum Gasteiger partial charge on any atom is 0.213 e. The lowest BCUT2D eigenvalue weighted by molar-refractivity contribution is 0.206. The summed E-state index contributed by atoms with van der Waals surface area (Å²) in [6.45, 7) is 3.10. The average molecular weight is 206 g/mol. The highest BCUT2D eigenvalue weighted by molar-refractivity contribution is 5.15. The standard InChI is InChI=1S/C12H18N2O/c1-12(7-4-8-12)13-9-10-5-3-6-11(14-10)15-2/h3,5-6,13H,4,7-9H2,1-2H3. The Kier molecular flexibility index (Phi) is 2.91. The van der Waals surface area contributed by atoms with Crippen molar-refractivity contribution < 1.29 is 4.74 Å². The van der Waals surface area contributed by atoms with E-state index in [1.54, 1.807) is 7.11 Å². The number of hydrogen-bond donors (Lipinski definition) is 1. The van der Waals surface area contributed by atoms with E-state index >= 15 is 0 Å². The van der Waals surface area contributed by atoms with Gasteiger partial charge in [-0.2, -0.15) is 0 Å². The second-order valence-corrected chi connectivity index (χ2v) is 4.44. The first kappa shape index (κ1) is 10.4. The lowest BCUT2D eigenvalue weighted by atomic mass is 9.78. The fraction of sp³-hybridized carbons (Fsp3) is 0.583. The average Bonchev–Trinajstić information content (AvgIpc) is 2.24. The van der Waals surface area contributed by atoms with Crippen LogP contribution in [-0.2, 0) is 6.54 Å². The van der Waals surface area contributed by atoms with Gasteiger partial charge >= 0.3 is 0 Å². The van der Waals surface area contributed by atoms with Gasteiger partial charge in [-0.15, -0.1) is 0 Å². The highest BCUT2D eigenvalue weighted by atomic mass is 16.5. The molecule has 3 nitrogen and oxygen atoms in total. The predicted octanol–water partition coefficient (Wildman–Crippen LogP) is 2.12. The van der Waals surface area contributed by atoms with Gasteiger partial charge in [-0.05, 0) is 32.3 Å². The summed E-state index contributed by atoms with van der Waals surface area (Å²) in [7, 11) is 1.65.